The van der Waals surface area contributed by atoms with E-state index in [2.05, 4.69) is 41.8 Å². The lowest BCUT2D eigenvalue weighted by Crippen LogP contribution is -1.94. The molecule has 2 aromatic carbocycles. The molecule has 3 aromatic heterocycles. The molecule has 0 bridgehead atoms. The molecule has 0 saturated carbocycles. The number of halogens is 2. The molecule has 0 aliphatic carbocycles. The molecule has 0 aliphatic rings. The predicted molar refractivity (Wildman–Crippen MR) is 105 cm³/mol. The third-order valence-electron chi connectivity index (χ3n) is 4.13. The number of pyridine rings is 2. The summed E-state index contributed by atoms with van der Waals surface area (Å²) in [5.41, 5.74) is 4.05. The van der Waals surface area contributed by atoms with Crippen molar-refractivity contribution in [3.8, 4) is 5.75 Å². The molecule has 5 nitrogen and oxygen atoms in total. The van der Waals surface area contributed by atoms with Crippen LogP contribution >= 0.6 is 31.9 Å². The maximum atomic E-state index is 10.2. The summed E-state index contributed by atoms with van der Waals surface area (Å²) in [4.78, 5) is 18.7. The fourth-order valence-corrected chi connectivity index (χ4v) is 3.67. The van der Waals surface area contributed by atoms with Crippen molar-refractivity contribution >= 4 is 75.7 Å². The van der Waals surface area contributed by atoms with Crippen molar-refractivity contribution in [1.82, 2.24) is 19.9 Å². The Bertz CT molecular complexity index is 1340. The van der Waals surface area contributed by atoms with E-state index in [1.165, 1.54) is 0 Å². The maximum Gasteiger partial charge on any atom is 0.143 e. The number of phenolic OH excluding ortho intramolecular Hbond substituents is 1. The normalized spacial score (nSPS) is 11.8. The van der Waals surface area contributed by atoms with E-state index in [-0.39, 0.29) is 5.75 Å². The van der Waals surface area contributed by atoms with E-state index in [1.807, 2.05) is 30.3 Å². The van der Waals surface area contributed by atoms with Crippen LogP contribution in [0.4, 0.5) is 0 Å². The van der Waals surface area contributed by atoms with Crippen molar-refractivity contribution in [3.05, 3.63) is 51.7 Å². The monoisotopic (exact) mass is 454 g/mol. The summed E-state index contributed by atoms with van der Waals surface area (Å²) in [5.74, 6) is 0.110. The van der Waals surface area contributed by atoms with Gasteiger partial charge in [-0.2, -0.15) is 0 Å². The number of aromatic hydroxyl groups is 1. The molecule has 0 radical (unpaired) electrons. The number of phenols is 1. The molecule has 5 rings (SSSR count). The van der Waals surface area contributed by atoms with Crippen LogP contribution in [-0.2, 0) is 0 Å². The van der Waals surface area contributed by atoms with Crippen molar-refractivity contribution in [2.24, 2.45) is 0 Å². The highest BCUT2D eigenvalue weighted by Gasteiger charge is 2.15. The van der Waals surface area contributed by atoms with Gasteiger partial charge in [0.25, 0.3) is 0 Å². The van der Waals surface area contributed by atoms with Gasteiger partial charge in [-0.3, -0.25) is 0 Å². The topological polar surface area (TPSA) is 71.8 Å². The lowest BCUT2D eigenvalue weighted by atomic mass is 10.1. The zero-order chi connectivity index (χ0) is 17.1. The molecule has 7 heteroatoms. The van der Waals surface area contributed by atoms with Crippen LogP contribution in [0.2, 0.25) is 0 Å². The minimum atomic E-state index is 0.110. The van der Waals surface area contributed by atoms with Gasteiger partial charge in [0, 0.05) is 10.8 Å². The number of hydrogen-bond donors (Lipinski definition) is 1. The number of para-hydroxylation sites is 1. The molecule has 0 amide bonds. The van der Waals surface area contributed by atoms with Gasteiger partial charge in [-0.15, -0.1) is 0 Å². The van der Waals surface area contributed by atoms with E-state index >= 15 is 0 Å². The molecule has 0 saturated heterocycles. The van der Waals surface area contributed by atoms with E-state index < -0.39 is 0 Å². The number of fused-ring (bicyclic) bond motifs is 7. The highest BCUT2D eigenvalue weighted by Crippen LogP contribution is 2.34. The first-order valence-electron chi connectivity index (χ1n) is 7.46. The first kappa shape index (κ1) is 14.9. The SMILES string of the molecule is Oc1cccc2nc3c4ccc(Br)nc4c4nc(Br)ccc4c3nc12. The molecular formula is C18H8Br2N4O. The summed E-state index contributed by atoms with van der Waals surface area (Å²) < 4.78 is 1.45. The number of nitrogens with zero attached hydrogens (tertiary/aromatic N) is 4. The van der Waals surface area contributed by atoms with Crippen LogP contribution in [0, 0.1) is 0 Å². The Morgan fingerprint density at radius 2 is 1.16 bits per heavy atom. The fourth-order valence-electron chi connectivity index (χ4n) is 3.05. The van der Waals surface area contributed by atoms with E-state index in [0.717, 1.165) is 36.5 Å². The first-order chi connectivity index (χ1) is 12.1. The summed E-state index contributed by atoms with van der Waals surface area (Å²) in [5, 5.41) is 11.9. The molecule has 25 heavy (non-hydrogen) atoms. The summed E-state index contributed by atoms with van der Waals surface area (Å²) in [6.45, 7) is 0. The Kier molecular flexibility index (Phi) is 3.17. The second-order valence-corrected chi connectivity index (χ2v) is 7.25. The Morgan fingerprint density at radius 3 is 1.80 bits per heavy atom. The summed E-state index contributed by atoms with van der Waals surface area (Å²) >= 11 is 6.86. The number of hydrogen-bond acceptors (Lipinski definition) is 5. The van der Waals surface area contributed by atoms with Gasteiger partial charge >= 0.3 is 0 Å². The van der Waals surface area contributed by atoms with Gasteiger partial charge in [-0.25, -0.2) is 19.9 Å². The molecule has 0 atom stereocenters. The number of benzene rings is 2. The van der Waals surface area contributed by atoms with Gasteiger partial charge in [0.1, 0.15) is 31.5 Å². The Morgan fingerprint density at radius 1 is 0.600 bits per heavy atom. The molecule has 0 unspecified atom stereocenters. The van der Waals surface area contributed by atoms with Crippen LogP contribution < -0.4 is 0 Å². The minimum absolute atomic E-state index is 0.110. The van der Waals surface area contributed by atoms with Crippen LogP contribution in [0.1, 0.15) is 0 Å². The zero-order valence-electron chi connectivity index (χ0n) is 12.5. The van der Waals surface area contributed by atoms with Gasteiger partial charge in [0.2, 0.25) is 0 Å². The van der Waals surface area contributed by atoms with Gasteiger partial charge in [0.15, 0.2) is 0 Å². The van der Waals surface area contributed by atoms with Crippen LogP contribution in [0.15, 0.2) is 51.7 Å². The quantitative estimate of drug-likeness (QED) is 0.199. The van der Waals surface area contributed by atoms with Crippen molar-refractivity contribution in [1.29, 1.82) is 0 Å². The van der Waals surface area contributed by atoms with Crippen molar-refractivity contribution in [2.75, 3.05) is 0 Å². The highest BCUT2D eigenvalue weighted by atomic mass is 79.9. The Hall–Kier alpha value is -2.38. The second-order valence-electron chi connectivity index (χ2n) is 5.63. The van der Waals surface area contributed by atoms with E-state index in [4.69, 9.17) is 9.97 Å². The largest absolute Gasteiger partial charge is 0.506 e. The molecule has 0 fully saturated rings. The van der Waals surface area contributed by atoms with Crippen LogP contribution in [0.3, 0.4) is 0 Å². The number of aromatic nitrogens is 4. The summed E-state index contributed by atoms with van der Waals surface area (Å²) in [6, 6.07) is 12.8. The van der Waals surface area contributed by atoms with Crippen molar-refractivity contribution < 1.29 is 5.11 Å². The first-order valence-corrected chi connectivity index (χ1v) is 9.04. The van der Waals surface area contributed by atoms with E-state index in [9.17, 15) is 5.11 Å². The smallest absolute Gasteiger partial charge is 0.143 e. The fraction of sp³-hybridized carbons (Fsp3) is 0. The average molecular weight is 456 g/mol. The third kappa shape index (κ3) is 2.19. The average Bonchev–Trinajstić information content (AvgIpc) is 2.61. The van der Waals surface area contributed by atoms with Crippen LogP contribution in [0.5, 0.6) is 5.75 Å². The molecule has 1 N–H and O–H groups in total. The molecule has 5 aromatic rings. The van der Waals surface area contributed by atoms with Crippen molar-refractivity contribution in [3.63, 3.8) is 0 Å². The summed E-state index contributed by atoms with van der Waals surface area (Å²) in [7, 11) is 0. The van der Waals surface area contributed by atoms with Gasteiger partial charge in [-0.05, 0) is 68.3 Å². The van der Waals surface area contributed by atoms with E-state index in [1.54, 1.807) is 12.1 Å². The highest BCUT2D eigenvalue weighted by molar-refractivity contribution is 9.10. The minimum Gasteiger partial charge on any atom is -0.506 e. The Labute approximate surface area is 158 Å². The summed E-state index contributed by atoms with van der Waals surface area (Å²) in [6.07, 6.45) is 0. The molecule has 3 heterocycles. The zero-order valence-corrected chi connectivity index (χ0v) is 15.7. The lowest BCUT2D eigenvalue weighted by molar-refractivity contribution is 0.480. The van der Waals surface area contributed by atoms with Crippen LogP contribution in [-0.4, -0.2) is 25.0 Å². The Balaban J connectivity index is 2.14. The van der Waals surface area contributed by atoms with Gasteiger partial charge in [-0.1, -0.05) is 6.07 Å². The maximum absolute atomic E-state index is 10.2. The third-order valence-corrected chi connectivity index (χ3v) is 5.01. The van der Waals surface area contributed by atoms with Gasteiger partial charge in [0.05, 0.1) is 16.6 Å². The van der Waals surface area contributed by atoms with Crippen molar-refractivity contribution in [2.45, 2.75) is 0 Å². The standard InChI is InChI=1S/C18H8Br2N4O/c19-12-6-4-8-14-17(24-18-10(21-14)2-1-3-11(18)25)9-5-7-13(20)23-16(9)15(8)22-12/h1-7,25H. The lowest BCUT2D eigenvalue weighted by Gasteiger charge is -2.10. The number of rotatable bonds is 0. The predicted octanol–water partition coefficient (Wildman–Crippen LogP) is 5.11. The molecule has 0 aliphatic heterocycles. The van der Waals surface area contributed by atoms with Crippen LogP contribution in [0.25, 0.3) is 43.9 Å². The second kappa shape index (κ2) is 5.31. The molecule has 0 spiro atoms. The molecule has 120 valence electrons. The van der Waals surface area contributed by atoms with Gasteiger partial charge < -0.3 is 5.11 Å². The van der Waals surface area contributed by atoms with E-state index in [0.29, 0.717) is 16.6 Å². The molecular weight excluding hydrogens is 448 g/mol.